The minimum atomic E-state index is -0.445. The van der Waals surface area contributed by atoms with Gasteiger partial charge in [0.15, 0.2) is 0 Å². The molecule has 0 spiro atoms. The fourth-order valence-electron chi connectivity index (χ4n) is 2.28. The number of hydrogen-bond donors (Lipinski definition) is 1. The smallest absolute Gasteiger partial charge is 0.0772 e. The van der Waals surface area contributed by atoms with E-state index in [4.69, 9.17) is 4.74 Å². The molecule has 1 aromatic rings. The molecule has 1 aliphatic rings. The van der Waals surface area contributed by atoms with Gasteiger partial charge in [0.2, 0.25) is 0 Å². The number of hydrogen-bond acceptors (Lipinski definition) is 3. The highest BCUT2D eigenvalue weighted by molar-refractivity contribution is 9.10. The first kappa shape index (κ1) is 13.8. The molecule has 2 unspecified atom stereocenters. The summed E-state index contributed by atoms with van der Waals surface area (Å²) in [6, 6.07) is 6.14. The maximum Gasteiger partial charge on any atom is 0.0772 e. The molecule has 3 nitrogen and oxygen atoms in total. The Balaban J connectivity index is 2.19. The molecule has 0 bridgehead atoms. The van der Waals surface area contributed by atoms with Crippen LogP contribution in [0.3, 0.4) is 0 Å². The van der Waals surface area contributed by atoms with Crippen LogP contribution in [0.25, 0.3) is 0 Å². The highest BCUT2D eigenvalue weighted by Crippen LogP contribution is 2.29. The van der Waals surface area contributed by atoms with Gasteiger partial charge in [0.25, 0.3) is 0 Å². The highest BCUT2D eigenvalue weighted by Gasteiger charge is 2.16. The number of anilines is 1. The van der Waals surface area contributed by atoms with Gasteiger partial charge in [-0.2, -0.15) is 0 Å². The van der Waals surface area contributed by atoms with Crippen LogP contribution in [0.2, 0.25) is 0 Å². The van der Waals surface area contributed by atoms with E-state index in [1.807, 2.05) is 6.07 Å². The van der Waals surface area contributed by atoms with Crippen LogP contribution in [0, 0.1) is 0 Å². The first-order valence-corrected chi connectivity index (χ1v) is 7.21. The number of ether oxygens (including phenoxy) is 1. The number of rotatable bonds is 2. The van der Waals surface area contributed by atoms with Gasteiger partial charge in [-0.05, 0) is 38.0 Å². The molecule has 0 saturated carbocycles. The number of aliphatic hydroxyl groups is 1. The van der Waals surface area contributed by atoms with Crippen molar-refractivity contribution in [2.75, 3.05) is 24.6 Å². The molecule has 1 fully saturated rings. The van der Waals surface area contributed by atoms with Crippen molar-refractivity contribution in [1.29, 1.82) is 0 Å². The van der Waals surface area contributed by atoms with Crippen LogP contribution in [-0.2, 0) is 4.74 Å². The fourth-order valence-corrected chi connectivity index (χ4v) is 2.98. The first-order chi connectivity index (χ1) is 8.58. The average molecular weight is 314 g/mol. The zero-order valence-corrected chi connectivity index (χ0v) is 12.5. The van der Waals surface area contributed by atoms with Gasteiger partial charge in [0, 0.05) is 29.9 Å². The topological polar surface area (TPSA) is 32.7 Å². The van der Waals surface area contributed by atoms with E-state index < -0.39 is 6.10 Å². The Hall–Kier alpha value is -0.580. The van der Waals surface area contributed by atoms with E-state index >= 15 is 0 Å². The van der Waals surface area contributed by atoms with Crippen molar-refractivity contribution in [3.63, 3.8) is 0 Å². The van der Waals surface area contributed by atoms with E-state index in [9.17, 15) is 5.11 Å². The van der Waals surface area contributed by atoms with Crippen molar-refractivity contribution in [1.82, 2.24) is 0 Å². The lowest BCUT2D eigenvalue weighted by atomic mass is 10.1. The first-order valence-electron chi connectivity index (χ1n) is 6.42. The number of aliphatic hydroxyl groups excluding tert-OH is 1. The number of benzene rings is 1. The Labute approximate surface area is 117 Å². The van der Waals surface area contributed by atoms with Crippen LogP contribution in [0.15, 0.2) is 22.7 Å². The van der Waals surface area contributed by atoms with E-state index in [1.54, 1.807) is 6.92 Å². The molecular weight excluding hydrogens is 294 g/mol. The quantitative estimate of drug-likeness (QED) is 0.910. The lowest BCUT2D eigenvalue weighted by Gasteiger charge is -2.25. The molecule has 0 aliphatic carbocycles. The molecule has 4 heteroatoms. The maximum atomic E-state index is 9.63. The summed E-state index contributed by atoms with van der Waals surface area (Å²) < 4.78 is 6.62. The van der Waals surface area contributed by atoms with Crippen LogP contribution in [-0.4, -0.2) is 30.9 Å². The summed E-state index contributed by atoms with van der Waals surface area (Å²) >= 11 is 3.53. The molecule has 1 aliphatic heterocycles. The third-order valence-corrected chi connectivity index (χ3v) is 3.94. The zero-order valence-electron chi connectivity index (χ0n) is 10.9. The summed E-state index contributed by atoms with van der Waals surface area (Å²) in [6.45, 7) is 6.66. The summed E-state index contributed by atoms with van der Waals surface area (Å²) in [5, 5.41) is 9.63. The molecule has 0 aromatic heterocycles. The summed E-state index contributed by atoms with van der Waals surface area (Å²) in [6.07, 6.45) is 0.877. The van der Waals surface area contributed by atoms with Crippen molar-refractivity contribution in [3.8, 4) is 0 Å². The summed E-state index contributed by atoms with van der Waals surface area (Å²) in [5.74, 6) is 0. The normalized spacial score (nSPS) is 22.7. The third kappa shape index (κ3) is 3.25. The van der Waals surface area contributed by atoms with Crippen molar-refractivity contribution in [2.24, 2.45) is 0 Å². The molecule has 2 rings (SSSR count). The van der Waals surface area contributed by atoms with Crippen LogP contribution < -0.4 is 4.90 Å². The van der Waals surface area contributed by atoms with Crippen LogP contribution in [0.1, 0.15) is 31.9 Å². The third-order valence-electron chi connectivity index (χ3n) is 3.25. The molecule has 100 valence electrons. The Morgan fingerprint density at radius 1 is 1.50 bits per heavy atom. The van der Waals surface area contributed by atoms with Crippen LogP contribution in [0.4, 0.5) is 5.69 Å². The molecule has 0 radical (unpaired) electrons. The standard InChI is InChI=1S/C14H20BrNO2/c1-10-9-16(6-3-7-18-10)12-4-5-13(11(2)17)14(15)8-12/h4-5,8,10-11,17H,3,6-7,9H2,1-2H3. The molecular formula is C14H20BrNO2. The Morgan fingerprint density at radius 3 is 2.94 bits per heavy atom. The SMILES string of the molecule is CC1CN(c2ccc(C(C)O)c(Br)c2)CCCO1. The van der Waals surface area contributed by atoms with Gasteiger partial charge in [-0.15, -0.1) is 0 Å². The molecule has 0 amide bonds. The van der Waals surface area contributed by atoms with E-state index in [2.05, 4.69) is 39.9 Å². The zero-order chi connectivity index (χ0) is 13.1. The summed E-state index contributed by atoms with van der Waals surface area (Å²) in [7, 11) is 0. The lowest BCUT2D eigenvalue weighted by Crippen LogP contribution is -2.30. The van der Waals surface area contributed by atoms with Gasteiger partial charge >= 0.3 is 0 Å². The molecule has 1 saturated heterocycles. The predicted molar refractivity (Wildman–Crippen MR) is 77.0 cm³/mol. The molecule has 1 heterocycles. The number of halogens is 1. The minimum absolute atomic E-state index is 0.266. The lowest BCUT2D eigenvalue weighted by molar-refractivity contribution is 0.0821. The Morgan fingerprint density at radius 2 is 2.28 bits per heavy atom. The largest absolute Gasteiger partial charge is 0.389 e. The molecule has 1 N–H and O–H groups in total. The Kier molecular flexibility index (Phi) is 4.65. The van der Waals surface area contributed by atoms with E-state index in [-0.39, 0.29) is 6.10 Å². The van der Waals surface area contributed by atoms with Gasteiger partial charge in [0.1, 0.15) is 0 Å². The second-order valence-electron chi connectivity index (χ2n) is 4.86. The van der Waals surface area contributed by atoms with Gasteiger partial charge in [-0.3, -0.25) is 0 Å². The van der Waals surface area contributed by atoms with Crippen LogP contribution in [0.5, 0.6) is 0 Å². The van der Waals surface area contributed by atoms with E-state index in [0.29, 0.717) is 0 Å². The Bertz CT molecular complexity index is 409. The van der Waals surface area contributed by atoms with Crippen molar-refractivity contribution in [3.05, 3.63) is 28.2 Å². The second kappa shape index (κ2) is 6.04. The molecule has 18 heavy (non-hydrogen) atoms. The molecule has 1 aromatic carbocycles. The summed E-state index contributed by atoms with van der Waals surface area (Å²) in [4.78, 5) is 2.34. The van der Waals surface area contributed by atoms with Gasteiger partial charge in [0.05, 0.1) is 12.2 Å². The van der Waals surface area contributed by atoms with Crippen molar-refractivity contribution < 1.29 is 9.84 Å². The number of nitrogens with zero attached hydrogens (tertiary/aromatic N) is 1. The average Bonchev–Trinajstić information content (AvgIpc) is 2.53. The molecule has 2 atom stereocenters. The summed E-state index contributed by atoms with van der Waals surface area (Å²) in [5.41, 5.74) is 2.11. The monoisotopic (exact) mass is 313 g/mol. The van der Waals surface area contributed by atoms with E-state index in [1.165, 1.54) is 5.69 Å². The van der Waals surface area contributed by atoms with Crippen molar-refractivity contribution in [2.45, 2.75) is 32.5 Å². The van der Waals surface area contributed by atoms with Gasteiger partial charge in [-0.25, -0.2) is 0 Å². The van der Waals surface area contributed by atoms with Crippen LogP contribution >= 0.6 is 15.9 Å². The van der Waals surface area contributed by atoms with E-state index in [0.717, 1.165) is 36.2 Å². The fraction of sp³-hybridized carbons (Fsp3) is 0.571. The minimum Gasteiger partial charge on any atom is -0.389 e. The van der Waals surface area contributed by atoms with Gasteiger partial charge in [-0.1, -0.05) is 22.0 Å². The maximum absolute atomic E-state index is 9.63. The van der Waals surface area contributed by atoms with Gasteiger partial charge < -0.3 is 14.7 Å². The predicted octanol–water partition coefficient (Wildman–Crippen LogP) is 3.12. The highest BCUT2D eigenvalue weighted by atomic mass is 79.9. The second-order valence-corrected chi connectivity index (χ2v) is 5.72. The van der Waals surface area contributed by atoms with Crippen molar-refractivity contribution >= 4 is 21.6 Å².